The second-order valence-corrected chi connectivity index (χ2v) is 10.4. The molecule has 3 rings (SSSR count). The molecule has 5 nitrogen and oxygen atoms in total. The molecule has 0 radical (unpaired) electrons. The summed E-state index contributed by atoms with van der Waals surface area (Å²) in [6.07, 6.45) is 1.35. The molecule has 0 unspecified atom stereocenters. The van der Waals surface area contributed by atoms with Crippen molar-refractivity contribution in [3.05, 3.63) is 57.8 Å². The normalized spacial score (nSPS) is 12.2. The highest BCUT2D eigenvalue weighted by atomic mass is 127. The fourth-order valence-corrected chi connectivity index (χ4v) is 4.37. The average molecular weight is 496 g/mol. The summed E-state index contributed by atoms with van der Waals surface area (Å²) in [5.74, 6) is 1.08. The molecule has 0 bridgehead atoms. The number of aromatic nitrogens is 2. The van der Waals surface area contributed by atoms with Crippen molar-refractivity contribution in [3.63, 3.8) is 0 Å². The summed E-state index contributed by atoms with van der Waals surface area (Å²) in [7, 11) is -2.11. The van der Waals surface area contributed by atoms with Gasteiger partial charge in [-0.15, -0.1) is 0 Å². The Morgan fingerprint density at radius 1 is 1.07 bits per heavy atom. The van der Waals surface area contributed by atoms with Crippen LogP contribution < -0.4 is 4.74 Å². The van der Waals surface area contributed by atoms with Crippen molar-refractivity contribution in [1.29, 1.82) is 0 Å². The van der Waals surface area contributed by atoms with Crippen molar-refractivity contribution < 1.29 is 13.2 Å². The highest BCUT2D eigenvalue weighted by Crippen LogP contribution is 2.31. The number of hydrogen-bond acceptors (Lipinski definition) is 4. The summed E-state index contributed by atoms with van der Waals surface area (Å²) in [6.45, 7) is 6.27. The molecule has 27 heavy (non-hydrogen) atoms. The summed E-state index contributed by atoms with van der Waals surface area (Å²) < 4.78 is 32.3. The number of benzene rings is 2. The van der Waals surface area contributed by atoms with Crippen molar-refractivity contribution in [2.75, 3.05) is 7.11 Å². The maximum absolute atomic E-state index is 13.0. The molecule has 0 amide bonds. The predicted octanol–water partition coefficient (Wildman–Crippen LogP) is 4.82. The van der Waals surface area contributed by atoms with Crippen LogP contribution in [0, 0.1) is 3.57 Å². The van der Waals surface area contributed by atoms with E-state index < -0.39 is 9.84 Å². The molecule has 142 valence electrons. The molecule has 0 aliphatic heterocycles. The largest absolute Gasteiger partial charge is 0.496 e. The van der Waals surface area contributed by atoms with Gasteiger partial charge in [0.1, 0.15) is 11.6 Å². The highest BCUT2D eigenvalue weighted by molar-refractivity contribution is 14.1. The van der Waals surface area contributed by atoms with Crippen LogP contribution in [0.1, 0.15) is 26.3 Å². The Hall–Kier alpha value is -1.87. The van der Waals surface area contributed by atoms with E-state index in [4.69, 9.17) is 4.74 Å². The molecule has 0 aliphatic rings. The number of halogens is 1. The number of rotatable bonds is 4. The lowest BCUT2D eigenvalue weighted by molar-refractivity contribution is 0.416. The number of nitrogens with zero attached hydrogens (tertiary/aromatic N) is 1. The fourth-order valence-electron chi connectivity index (χ4n) is 2.70. The molecule has 0 atom stereocenters. The summed E-state index contributed by atoms with van der Waals surface area (Å²) >= 11 is 2.19. The molecule has 0 aliphatic carbocycles. The fraction of sp³-hybridized carbons (Fsp3) is 0.250. The van der Waals surface area contributed by atoms with Crippen LogP contribution in [0.5, 0.6) is 5.75 Å². The minimum absolute atomic E-state index is 0.0372. The van der Waals surface area contributed by atoms with Gasteiger partial charge in [-0.2, -0.15) is 0 Å². The molecule has 0 spiro atoms. The van der Waals surface area contributed by atoms with Gasteiger partial charge >= 0.3 is 0 Å². The van der Waals surface area contributed by atoms with Crippen LogP contribution in [-0.2, 0) is 15.3 Å². The smallest absolute Gasteiger partial charge is 0.223 e. The Bertz CT molecular complexity index is 1070. The van der Waals surface area contributed by atoms with Crippen molar-refractivity contribution in [1.82, 2.24) is 9.97 Å². The first-order chi connectivity index (χ1) is 12.6. The number of nitrogens with one attached hydrogen (secondary N) is 1. The van der Waals surface area contributed by atoms with E-state index in [2.05, 4.69) is 53.3 Å². The minimum atomic E-state index is -3.68. The molecule has 1 aromatic heterocycles. The zero-order chi connectivity index (χ0) is 19.8. The summed E-state index contributed by atoms with van der Waals surface area (Å²) in [5, 5.41) is 0.0573. The molecule has 0 saturated carbocycles. The first kappa shape index (κ1) is 19.9. The lowest BCUT2D eigenvalue weighted by Gasteiger charge is -2.19. The number of aromatic amines is 1. The molecule has 3 aromatic rings. The number of methoxy groups -OCH3 is 1. The van der Waals surface area contributed by atoms with E-state index in [9.17, 15) is 8.42 Å². The number of hydrogen-bond donors (Lipinski definition) is 1. The van der Waals surface area contributed by atoms with Crippen molar-refractivity contribution in [2.45, 2.75) is 36.1 Å². The molecule has 0 saturated heterocycles. The summed E-state index contributed by atoms with van der Waals surface area (Å²) in [4.78, 5) is 7.44. The van der Waals surface area contributed by atoms with Gasteiger partial charge in [-0.3, -0.25) is 0 Å². The molecule has 1 heterocycles. The maximum atomic E-state index is 13.0. The predicted molar refractivity (Wildman–Crippen MR) is 114 cm³/mol. The van der Waals surface area contributed by atoms with Crippen LogP contribution in [-0.4, -0.2) is 25.5 Å². The van der Waals surface area contributed by atoms with Gasteiger partial charge in [-0.25, -0.2) is 13.4 Å². The standard InChI is InChI=1S/C20H21IN2O3S/c1-20(2,3)13-5-8-15(9-6-13)27(24,25)18-12-22-19(23-18)16-11-14(21)7-10-17(16)26-4/h5-12H,1-4H3,(H,22,23). The van der Waals surface area contributed by atoms with Gasteiger partial charge in [-0.05, 0) is 63.9 Å². The molecular weight excluding hydrogens is 475 g/mol. The Kier molecular flexibility index (Phi) is 5.36. The molecule has 0 fully saturated rings. The van der Waals surface area contributed by atoms with Crippen LogP contribution in [0.25, 0.3) is 11.4 Å². The van der Waals surface area contributed by atoms with Crippen LogP contribution in [0.2, 0.25) is 0 Å². The van der Waals surface area contributed by atoms with E-state index in [-0.39, 0.29) is 15.3 Å². The minimum Gasteiger partial charge on any atom is -0.496 e. The second-order valence-electron chi connectivity index (χ2n) is 7.22. The third kappa shape index (κ3) is 4.03. The van der Waals surface area contributed by atoms with E-state index in [0.717, 1.165) is 9.13 Å². The number of sulfone groups is 1. The van der Waals surface area contributed by atoms with E-state index in [0.29, 0.717) is 17.1 Å². The lowest BCUT2D eigenvalue weighted by Crippen LogP contribution is -2.11. The van der Waals surface area contributed by atoms with E-state index in [1.807, 2.05) is 30.3 Å². The Balaban J connectivity index is 1.99. The highest BCUT2D eigenvalue weighted by Gasteiger charge is 2.23. The summed E-state index contributed by atoms with van der Waals surface area (Å²) in [5.41, 5.74) is 1.76. The lowest BCUT2D eigenvalue weighted by atomic mass is 9.87. The van der Waals surface area contributed by atoms with Gasteiger partial charge in [0.05, 0.1) is 23.8 Å². The SMILES string of the molecule is COc1ccc(I)cc1-c1ncc(S(=O)(=O)c2ccc(C(C)(C)C)cc2)[nH]1. The molecule has 7 heteroatoms. The molecular formula is C20H21IN2O3S. The number of ether oxygens (including phenoxy) is 1. The van der Waals surface area contributed by atoms with Crippen molar-refractivity contribution in [2.24, 2.45) is 0 Å². The van der Waals surface area contributed by atoms with Crippen LogP contribution in [0.3, 0.4) is 0 Å². The van der Waals surface area contributed by atoms with Gasteiger partial charge in [-0.1, -0.05) is 32.9 Å². The van der Waals surface area contributed by atoms with Gasteiger partial charge in [0.25, 0.3) is 0 Å². The zero-order valence-corrected chi connectivity index (χ0v) is 18.6. The van der Waals surface area contributed by atoms with Gasteiger partial charge in [0.2, 0.25) is 9.84 Å². The first-order valence-corrected chi connectivity index (χ1v) is 10.9. The van der Waals surface area contributed by atoms with Crippen LogP contribution >= 0.6 is 22.6 Å². The quantitative estimate of drug-likeness (QED) is 0.526. The van der Waals surface area contributed by atoms with Gasteiger partial charge in [0.15, 0.2) is 5.03 Å². The maximum Gasteiger partial charge on any atom is 0.223 e. The zero-order valence-electron chi connectivity index (χ0n) is 15.6. The Morgan fingerprint density at radius 3 is 2.33 bits per heavy atom. The Labute approximate surface area is 173 Å². The van der Waals surface area contributed by atoms with Gasteiger partial charge < -0.3 is 9.72 Å². The van der Waals surface area contributed by atoms with Crippen molar-refractivity contribution in [3.8, 4) is 17.1 Å². The first-order valence-electron chi connectivity index (χ1n) is 8.37. The number of imidazole rings is 1. The van der Waals surface area contributed by atoms with Gasteiger partial charge in [0, 0.05) is 3.57 Å². The molecule has 1 N–H and O–H groups in total. The van der Waals surface area contributed by atoms with E-state index in [1.165, 1.54) is 6.20 Å². The molecule has 2 aromatic carbocycles. The third-order valence-corrected chi connectivity index (χ3v) is 6.64. The monoisotopic (exact) mass is 496 g/mol. The Morgan fingerprint density at radius 2 is 1.74 bits per heavy atom. The number of H-pyrrole nitrogens is 1. The van der Waals surface area contributed by atoms with E-state index in [1.54, 1.807) is 19.2 Å². The average Bonchev–Trinajstić information content (AvgIpc) is 3.12. The van der Waals surface area contributed by atoms with E-state index >= 15 is 0 Å². The summed E-state index contributed by atoms with van der Waals surface area (Å²) in [6, 6.07) is 12.6. The topological polar surface area (TPSA) is 72.0 Å². The third-order valence-electron chi connectivity index (χ3n) is 4.29. The second kappa shape index (κ2) is 7.27. The van der Waals surface area contributed by atoms with Crippen LogP contribution in [0.15, 0.2) is 58.6 Å². The van der Waals surface area contributed by atoms with Crippen LogP contribution in [0.4, 0.5) is 0 Å². The van der Waals surface area contributed by atoms with Crippen molar-refractivity contribution >= 4 is 32.4 Å².